The van der Waals surface area contributed by atoms with Gasteiger partial charge in [-0.2, -0.15) is 0 Å². The molecular formula is C22H32N4O2. The van der Waals surface area contributed by atoms with Crippen molar-refractivity contribution >= 4 is 11.8 Å². The Labute approximate surface area is 167 Å². The lowest BCUT2D eigenvalue weighted by Crippen LogP contribution is -2.64. The average Bonchev–Trinajstić information content (AvgIpc) is 3.44. The molecule has 3 unspecified atom stereocenters. The Morgan fingerprint density at radius 3 is 2.54 bits per heavy atom. The van der Waals surface area contributed by atoms with Crippen LogP contribution in [0, 0.1) is 11.8 Å². The van der Waals surface area contributed by atoms with Crippen molar-refractivity contribution in [3.8, 4) is 0 Å². The summed E-state index contributed by atoms with van der Waals surface area (Å²) in [4.78, 5) is 29.9. The number of carbonyl (C=O) groups is 2. The first-order valence-corrected chi connectivity index (χ1v) is 10.6. The molecule has 3 aliphatic rings. The SMILES string of the molecule is CC(C)CC1(C)NC2NC2N(CC2CCN(C(=O)c3ccccc3)CC2)C1=O. The second kappa shape index (κ2) is 7.48. The van der Waals surface area contributed by atoms with Gasteiger partial charge in [-0.25, -0.2) is 0 Å². The number of hydrogen-bond acceptors (Lipinski definition) is 4. The molecule has 152 valence electrons. The van der Waals surface area contributed by atoms with E-state index >= 15 is 0 Å². The number of benzene rings is 1. The fourth-order valence-corrected chi connectivity index (χ4v) is 4.89. The summed E-state index contributed by atoms with van der Waals surface area (Å²) in [5, 5.41) is 6.91. The Balaban J connectivity index is 1.34. The lowest BCUT2D eigenvalue weighted by Gasteiger charge is -2.42. The van der Waals surface area contributed by atoms with Crippen LogP contribution in [0.5, 0.6) is 0 Å². The van der Waals surface area contributed by atoms with Gasteiger partial charge in [0.1, 0.15) is 6.17 Å². The standard InChI is InChI=1S/C22H32N4O2/c1-15(2)13-22(3)21(28)26(19-18(23-19)24-22)14-16-9-11-25(12-10-16)20(27)17-7-5-4-6-8-17/h4-8,15-16,18-19,23-24H,9-14H2,1-3H3. The van der Waals surface area contributed by atoms with Crippen LogP contribution in [0.4, 0.5) is 0 Å². The third-order valence-electron chi connectivity index (χ3n) is 6.29. The molecule has 3 heterocycles. The first-order chi connectivity index (χ1) is 13.4. The average molecular weight is 385 g/mol. The number of piperidine rings is 1. The van der Waals surface area contributed by atoms with Crippen molar-refractivity contribution in [2.24, 2.45) is 11.8 Å². The van der Waals surface area contributed by atoms with Crippen LogP contribution >= 0.6 is 0 Å². The Morgan fingerprint density at radius 2 is 1.89 bits per heavy atom. The van der Waals surface area contributed by atoms with Gasteiger partial charge < -0.3 is 9.80 Å². The van der Waals surface area contributed by atoms with Crippen LogP contribution in [-0.2, 0) is 4.79 Å². The molecule has 6 nitrogen and oxygen atoms in total. The Morgan fingerprint density at radius 1 is 1.21 bits per heavy atom. The van der Waals surface area contributed by atoms with Gasteiger partial charge in [-0.05, 0) is 50.2 Å². The second-order valence-electron chi connectivity index (χ2n) is 9.22. The molecular weight excluding hydrogens is 352 g/mol. The second-order valence-corrected chi connectivity index (χ2v) is 9.22. The van der Waals surface area contributed by atoms with E-state index < -0.39 is 5.54 Å². The van der Waals surface area contributed by atoms with Crippen LogP contribution in [0.2, 0.25) is 0 Å². The first kappa shape index (κ1) is 19.4. The topological polar surface area (TPSA) is 74.6 Å². The number of hydrogen-bond donors (Lipinski definition) is 2. The number of likely N-dealkylation sites (tertiary alicyclic amines) is 1. The fourth-order valence-electron chi connectivity index (χ4n) is 4.89. The van der Waals surface area contributed by atoms with Gasteiger partial charge in [0.15, 0.2) is 0 Å². The molecule has 2 N–H and O–H groups in total. The van der Waals surface area contributed by atoms with Crippen LogP contribution < -0.4 is 10.6 Å². The maximum Gasteiger partial charge on any atom is 0.253 e. The van der Waals surface area contributed by atoms with Gasteiger partial charge >= 0.3 is 0 Å². The summed E-state index contributed by atoms with van der Waals surface area (Å²) in [7, 11) is 0. The first-order valence-electron chi connectivity index (χ1n) is 10.6. The number of rotatable bonds is 5. The van der Waals surface area contributed by atoms with E-state index in [4.69, 9.17) is 0 Å². The molecule has 3 atom stereocenters. The lowest BCUT2D eigenvalue weighted by molar-refractivity contribution is -0.142. The van der Waals surface area contributed by atoms with Crippen molar-refractivity contribution in [3.05, 3.63) is 35.9 Å². The molecule has 0 aromatic heterocycles. The number of amides is 2. The van der Waals surface area contributed by atoms with Gasteiger partial charge in [0.25, 0.3) is 5.91 Å². The normalized spacial score (nSPS) is 30.5. The summed E-state index contributed by atoms with van der Waals surface area (Å²) >= 11 is 0. The van der Waals surface area contributed by atoms with E-state index in [9.17, 15) is 9.59 Å². The largest absolute Gasteiger partial charge is 0.339 e. The van der Waals surface area contributed by atoms with Gasteiger partial charge in [0.05, 0.1) is 11.7 Å². The molecule has 0 radical (unpaired) electrons. The summed E-state index contributed by atoms with van der Waals surface area (Å²) in [5.74, 6) is 1.25. The number of nitrogens with one attached hydrogen (secondary N) is 2. The van der Waals surface area contributed by atoms with E-state index in [0.29, 0.717) is 11.8 Å². The van der Waals surface area contributed by atoms with Crippen LogP contribution in [0.15, 0.2) is 30.3 Å². The third-order valence-corrected chi connectivity index (χ3v) is 6.29. The van der Waals surface area contributed by atoms with E-state index in [-0.39, 0.29) is 24.1 Å². The zero-order valence-corrected chi connectivity index (χ0v) is 17.1. The zero-order chi connectivity index (χ0) is 19.9. The molecule has 1 aromatic carbocycles. The fraction of sp³-hybridized carbons (Fsp3) is 0.636. The predicted octanol–water partition coefficient (Wildman–Crippen LogP) is 2.03. The molecule has 4 rings (SSSR count). The maximum atomic E-state index is 13.2. The van der Waals surface area contributed by atoms with E-state index in [0.717, 1.165) is 44.5 Å². The molecule has 0 spiro atoms. The highest BCUT2D eigenvalue weighted by molar-refractivity contribution is 5.94. The zero-order valence-electron chi connectivity index (χ0n) is 17.1. The molecule has 2 amide bonds. The van der Waals surface area contributed by atoms with Gasteiger partial charge in [-0.3, -0.25) is 20.2 Å². The number of nitrogens with zero attached hydrogens (tertiary/aromatic N) is 2. The van der Waals surface area contributed by atoms with E-state index in [1.807, 2.05) is 42.2 Å². The summed E-state index contributed by atoms with van der Waals surface area (Å²) in [5.41, 5.74) is 0.274. The molecule has 0 aliphatic carbocycles. The highest BCUT2D eigenvalue weighted by Gasteiger charge is 2.56. The maximum absolute atomic E-state index is 13.2. The quantitative estimate of drug-likeness (QED) is 0.762. The van der Waals surface area contributed by atoms with Crippen LogP contribution in [0.25, 0.3) is 0 Å². The molecule has 6 heteroatoms. The van der Waals surface area contributed by atoms with Gasteiger partial charge in [0.2, 0.25) is 5.91 Å². The minimum atomic E-state index is -0.483. The van der Waals surface area contributed by atoms with Crippen molar-refractivity contribution in [2.75, 3.05) is 19.6 Å². The monoisotopic (exact) mass is 384 g/mol. The Hall–Kier alpha value is -1.92. The van der Waals surface area contributed by atoms with E-state index in [2.05, 4.69) is 29.4 Å². The lowest BCUT2D eigenvalue weighted by atomic mass is 9.87. The van der Waals surface area contributed by atoms with Crippen LogP contribution in [-0.4, -0.2) is 59.1 Å². The van der Waals surface area contributed by atoms with Crippen molar-refractivity contribution in [1.82, 2.24) is 20.4 Å². The van der Waals surface area contributed by atoms with Crippen molar-refractivity contribution in [1.29, 1.82) is 0 Å². The highest BCUT2D eigenvalue weighted by Crippen LogP contribution is 2.33. The third kappa shape index (κ3) is 3.80. The summed E-state index contributed by atoms with van der Waals surface area (Å²) in [6.07, 6.45) is 3.11. The molecule has 3 saturated heterocycles. The molecule has 3 aliphatic heterocycles. The number of piperazine rings is 1. The smallest absolute Gasteiger partial charge is 0.253 e. The molecule has 0 bridgehead atoms. The van der Waals surface area contributed by atoms with Gasteiger partial charge in [-0.1, -0.05) is 32.0 Å². The van der Waals surface area contributed by atoms with E-state index in [1.165, 1.54) is 0 Å². The molecule has 28 heavy (non-hydrogen) atoms. The number of fused-ring (bicyclic) bond motifs is 1. The Bertz CT molecular complexity index is 725. The minimum Gasteiger partial charge on any atom is -0.339 e. The van der Waals surface area contributed by atoms with Crippen molar-refractivity contribution < 1.29 is 9.59 Å². The highest BCUT2D eigenvalue weighted by atomic mass is 16.2. The number of carbonyl (C=O) groups excluding carboxylic acids is 2. The molecule has 1 aromatic rings. The van der Waals surface area contributed by atoms with Crippen molar-refractivity contribution in [3.63, 3.8) is 0 Å². The van der Waals surface area contributed by atoms with Crippen LogP contribution in [0.1, 0.15) is 50.4 Å². The summed E-state index contributed by atoms with van der Waals surface area (Å²) < 4.78 is 0. The summed E-state index contributed by atoms with van der Waals surface area (Å²) in [6.45, 7) is 8.69. The van der Waals surface area contributed by atoms with E-state index in [1.54, 1.807) is 0 Å². The van der Waals surface area contributed by atoms with Crippen LogP contribution in [0.3, 0.4) is 0 Å². The molecule has 3 fully saturated rings. The van der Waals surface area contributed by atoms with Gasteiger partial charge in [-0.15, -0.1) is 0 Å². The Kier molecular flexibility index (Phi) is 5.19. The summed E-state index contributed by atoms with van der Waals surface area (Å²) in [6, 6.07) is 9.50. The molecule has 0 saturated carbocycles. The van der Waals surface area contributed by atoms with Crippen molar-refractivity contribution in [2.45, 2.75) is 57.9 Å². The minimum absolute atomic E-state index is 0.116. The van der Waals surface area contributed by atoms with Gasteiger partial charge in [0, 0.05) is 25.2 Å². The predicted molar refractivity (Wildman–Crippen MR) is 108 cm³/mol.